The van der Waals surface area contributed by atoms with Gasteiger partial charge in [-0.3, -0.25) is 0 Å². The van der Waals surface area contributed by atoms with Gasteiger partial charge in [0, 0.05) is 11.6 Å². The Hall–Kier alpha value is -0.880. The second-order valence-corrected chi connectivity index (χ2v) is 5.55. The van der Waals surface area contributed by atoms with Crippen molar-refractivity contribution in [2.24, 2.45) is 0 Å². The average molecular weight is 285 g/mol. The summed E-state index contributed by atoms with van der Waals surface area (Å²) in [5, 5.41) is 4.91. The van der Waals surface area contributed by atoms with E-state index >= 15 is 0 Å². The molecule has 0 bridgehead atoms. The standard InChI is InChI=1S/C12H13ClN2O2S/c13-8-1-2-10-11(5-8)18-12(15-10)14-6-9-7-16-3-4-17-9/h1-2,5,9H,3-4,6-7H2,(H,14,15). The average Bonchev–Trinajstić information content (AvgIpc) is 2.79. The van der Waals surface area contributed by atoms with E-state index in [-0.39, 0.29) is 6.10 Å². The summed E-state index contributed by atoms with van der Waals surface area (Å²) in [5.74, 6) is 0. The molecule has 1 aliphatic heterocycles. The number of rotatable bonds is 3. The van der Waals surface area contributed by atoms with Crippen LogP contribution in [-0.2, 0) is 9.47 Å². The summed E-state index contributed by atoms with van der Waals surface area (Å²) < 4.78 is 12.0. The first-order chi connectivity index (χ1) is 8.81. The quantitative estimate of drug-likeness (QED) is 0.941. The molecule has 96 valence electrons. The number of anilines is 1. The van der Waals surface area contributed by atoms with Gasteiger partial charge in [0.2, 0.25) is 0 Å². The van der Waals surface area contributed by atoms with Gasteiger partial charge in [-0.25, -0.2) is 4.98 Å². The number of fused-ring (bicyclic) bond motifs is 1. The third-order valence-corrected chi connectivity index (χ3v) is 3.93. The Morgan fingerprint density at radius 1 is 1.44 bits per heavy atom. The van der Waals surface area contributed by atoms with Crippen molar-refractivity contribution < 1.29 is 9.47 Å². The Morgan fingerprint density at radius 3 is 3.22 bits per heavy atom. The summed E-state index contributed by atoms with van der Waals surface area (Å²) in [6.45, 7) is 2.72. The molecule has 0 saturated carbocycles. The normalized spacial score (nSPS) is 20.2. The van der Waals surface area contributed by atoms with Crippen molar-refractivity contribution in [2.45, 2.75) is 6.10 Å². The molecule has 4 nitrogen and oxygen atoms in total. The summed E-state index contributed by atoms with van der Waals surface area (Å²) in [6, 6.07) is 5.71. The Bertz CT molecular complexity index is 540. The second kappa shape index (κ2) is 5.40. The van der Waals surface area contributed by atoms with Crippen molar-refractivity contribution in [3.8, 4) is 0 Å². The van der Waals surface area contributed by atoms with E-state index in [0.29, 0.717) is 26.4 Å². The molecule has 18 heavy (non-hydrogen) atoms. The number of nitrogens with zero attached hydrogens (tertiary/aromatic N) is 1. The Balaban J connectivity index is 1.67. The molecule has 0 radical (unpaired) electrons. The molecule has 1 aromatic heterocycles. The highest BCUT2D eigenvalue weighted by molar-refractivity contribution is 7.22. The molecule has 1 fully saturated rings. The monoisotopic (exact) mass is 284 g/mol. The molecule has 0 amide bonds. The third kappa shape index (κ3) is 2.75. The molecule has 1 saturated heterocycles. The zero-order chi connectivity index (χ0) is 12.4. The molecule has 0 spiro atoms. The molecular formula is C12H13ClN2O2S. The summed E-state index contributed by atoms with van der Waals surface area (Å²) in [7, 11) is 0. The fraction of sp³-hybridized carbons (Fsp3) is 0.417. The predicted molar refractivity (Wildman–Crippen MR) is 73.7 cm³/mol. The first-order valence-electron chi connectivity index (χ1n) is 5.80. The van der Waals surface area contributed by atoms with E-state index in [1.165, 1.54) is 0 Å². The minimum atomic E-state index is 0.106. The Kier molecular flexibility index (Phi) is 3.65. The SMILES string of the molecule is Clc1ccc2nc(NCC3COCCO3)sc2c1. The van der Waals surface area contributed by atoms with Gasteiger partial charge in [0.15, 0.2) is 5.13 Å². The van der Waals surface area contributed by atoms with Gasteiger partial charge in [-0.15, -0.1) is 0 Å². The van der Waals surface area contributed by atoms with Crippen molar-refractivity contribution in [3.63, 3.8) is 0 Å². The summed E-state index contributed by atoms with van der Waals surface area (Å²) in [6.07, 6.45) is 0.106. The molecule has 1 aliphatic rings. The lowest BCUT2D eigenvalue weighted by Crippen LogP contribution is -2.34. The number of ether oxygens (including phenoxy) is 2. The second-order valence-electron chi connectivity index (χ2n) is 4.08. The molecule has 1 aromatic carbocycles. The first-order valence-corrected chi connectivity index (χ1v) is 7.00. The van der Waals surface area contributed by atoms with Gasteiger partial charge >= 0.3 is 0 Å². The van der Waals surface area contributed by atoms with Crippen LogP contribution in [0.15, 0.2) is 18.2 Å². The van der Waals surface area contributed by atoms with Crippen LogP contribution in [0.2, 0.25) is 5.02 Å². The van der Waals surface area contributed by atoms with Crippen LogP contribution in [0.25, 0.3) is 10.2 Å². The van der Waals surface area contributed by atoms with Crippen LogP contribution in [-0.4, -0.2) is 37.5 Å². The first kappa shape index (κ1) is 12.2. The molecule has 1 N–H and O–H groups in total. The van der Waals surface area contributed by atoms with Gasteiger partial charge in [-0.2, -0.15) is 0 Å². The summed E-state index contributed by atoms with van der Waals surface area (Å²) >= 11 is 7.55. The van der Waals surface area contributed by atoms with E-state index in [0.717, 1.165) is 20.4 Å². The number of hydrogen-bond donors (Lipinski definition) is 1. The van der Waals surface area contributed by atoms with Crippen molar-refractivity contribution in [1.82, 2.24) is 4.98 Å². The topological polar surface area (TPSA) is 43.4 Å². The molecule has 0 aliphatic carbocycles. The van der Waals surface area contributed by atoms with Gasteiger partial charge in [-0.05, 0) is 18.2 Å². The van der Waals surface area contributed by atoms with Crippen molar-refractivity contribution in [3.05, 3.63) is 23.2 Å². The summed E-state index contributed by atoms with van der Waals surface area (Å²) in [4.78, 5) is 4.49. The van der Waals surface area contributed by atoms with Gasteiger partial charge in [0.1, 0.15) is 0 Å². The largest absolute Gasteiger partial charge is 0.376 e. The maximum atomic E-state index is 5.95. The van der Waals surface area contributed by atoms with Crippen LogP contribution in [0.3, 0.4) is 0 Å². The van der Waals surface area contributed by atoms with E-state index < -0.39 is 0 Å². The van der Waals surface area contributed by atoms with Crippen LogP contribution < -0.4 is 5.32 Å². The lowest BCUT2D eigenvalue weighted by Gasteiger charge is -2.22. The lowest BCUT2D eigenvalue weighted by atomic mass is 10.3. The van der Waals surface area contributed by atoms with E-state index in [1.807, 2.05) is 18.2 Å². The van der Waals surface area contributed by atoms with Crippen molar-refractivity contribution in [2.75, 3.05) is 31.7 Å². The maximum absolute atomic E-state index is 5.95. The number of hydrogen-bond acceptors (Lipinski definition) is 5. The number of aromatic nitrogens is 1. The van der Waals surface area contributed by atoms with E-state index in [4.69, 9.17) is 21.1 Å². The molecular weight excluding hydrogens is 272 g/mol. The van der Waals surface area contributed by atoms with Crippen molar-refractivity contribution in [1.29, 1.82) is 0 Å². The van der Waals surface area contributed by atoms with E-state index in [1.54, 1.807) is 11.3 Å². The molecule has 2 heterocycles. The van der Waals surface area contributed by atoms with Gasteiger partial charge in [-0.1, -0.05) is 22.9 Å². The smallest absolute Gasteiger partial charge is 0.183 e. The van der Waals surface area contributed by atoms with Crippen LogP contribution in [0.1, 0.15) is 0 Å². The zero-order valence-electron chi connectivity index (χ0n) is 9.69. The maximum Gasteiger partial charge on any atom is 0.183 e. The van der Waals surface area contributed by atoms with Crippen LogP contribution in [0.5, 0.6) is 0 Å². The Morgan fingerprint density at radius 2 is 2.39 bits per heavy atom. The highest BCUT2D eigenvalue weighted by atomic mass is 35.5. The molecule has 3 rings (SSSR count). The minimum Gasteiger partial charge on any atom is -0.376 e. The van der Waals surface area contributed by atoms with Crippen LogP contribution >= 0.6 is 22.9 Å². The molecule has 2 aromatic rings. The lowest BCUT2D eigenvalue weighted by molar-refractivity contribution is -0.0818. The number of thiazole rings is 1. The zero-order valence-corrected chi connectivity index (χ0v) is 11.3. The van der Waals surface area contributed by atoms with Gasteiger partial charge in [0.25, 0.3) is 0 Å². The Labute approximate surface area is 114 Å². The molecule has 1 atom stereocenters. The highest BCUT2D eigenvalue weighted by Crippen LogP contribution is 2.28. The fourth-order valence-corrected chi connectivity index (χ4v) is 2.98. The number of halogens is 1. The minimum absolute atomic E-state index is 0.106. The van der Waals surface area contributed by atoms with Crippen LogP contribution in [0.4, 0.5) is 5.13 Å². The summed E-state index contributed by atoms with van der Waals surface area (Å²) in [5.41, 5.74) is 0.965. The highest BCUT2D eigenvalue weighted by Gasteiger charge is 2.14. The van der Waals surface area contributed by atoms with E-state index in [2.05, 4.69) is 10.3 Å². The fourth-order valence-electron chi connectivity index (χ4n) is 1.83. The van der Waals surface area contributed by atoms with Crippen molar-refractivity contribution >= 4 is 38.3 Å². The van der Waals surface area contributed by atoms with Gasteiger partial charge in [0.05, 0.1) is 36.1 Å². The predicted octanol–water partition coefficient (Wildman–Crippen LogP) is 2.78. The molecule has 6 heteroatoms. The number of benzene rings is 1. The third-order valence-electron chi connectivity index (χ3n) is 2.72. The van der Waals surface area contributed by atoms with E-state index in [9.17, 15) is 0 Å². The number of nitrogens with one attached hydrogen (secondary N) is 1. The van der Waals surface area contributed by atoms with Gasteiger partial charge < -0.3 is 14.8 Å². The van der Waals surface area contributed by atoms with Crippen LogP contribution in [0, 0.1) is 0 Å². The molecule has 1 unspecified atom stereocenters.